The van der Waals surface area contributed by atoms with Gasteiger partial charge in [0.05, 0.1) is 11.8 Å². The number of hydrogen-bond donors (Lipinski definition) is 1. The molecule has 8 heteroatoms. The summed E-state index contributed by atoms with van der Waals surface area (Å²) in [4.78, 5) is 11.5. The first-order valence-corrected chi connectivity index (χ1v) is 8.36. The minimum Gasteiger partial charge on any atom is -0.444 e. The van der Waals surface area contributed by atoms with E-state index in [0.717, 1.165) is 12.6 Å². The topological polar surface area (TPSA) is 109 Å². The number of rotatable bonds is 7. The summed E-state index contributed by atoms with van der Waals surface area (Å²) >= 11 is 0. The maximum atomic E-state index is 11.5. The third-order valence-corrected chi connectivity index (χ3v) is 3.45. The van der Waals surface area contributed by atoms with E-state index in [1.807, 2.05) is 13.0 Å². The molecule has 1 atom stereocenters. The monoisotopic (exact) mass is 317 g/mol. The Hall–Kier alpha value is -1.62. The maximum Gasteiger partial charge on any atom is 0.408 e. The minimum absolute atomic E-state index is 0.00109. The molecule has 120 valence electrons. The Labute approximate surface area is 126 Å². The lowest BCUT2D eigenvalue weighted by Crippen LogP contribution is -2.38. The van der Waals surface area contributed by atoms with Crippen LogP contribution in [0.2, 0.25) is 0 Å². The van der Waals surface area contributed by atoms with E-state index in [1.54, 1.807) is 20.8 Å². The van der Waals surface area contributed by atoms with Gasteiger partial charge in [-0.1, -0.05) is 13.3 Å². The van der Waals surface area contributed by atoms with Gasteiger partial charge in [0.25, 0.3) is 10.0 Å². The van der Waals surface area contributed by atoms with E-state index in [2.05, 4.69) is 9.71 Å². The molecule has 0 aliphatic rings. The lowest BCUT2D eigenvalue weighted by molar-refractivity contribution is 0.0517. The van der Waals surface area contributed by atoms with Crippen LogP contribution in [0.25, 0.3) is 0 Å². The molecule has 0 aromatic heterocycles. The van der Waals surface area contributed by atoms with Gasteiger partial charge in [-0.25, -0.2) is 13.2 Å². The second kappa shape index (κ2) is 8.62. The summed E-state index contributed by atoms with van der Waals surface area (Å²) in [5, 5.41) is 11.3. The Morgan fingerprint density at radius 2 is 2.10 bits per heavy atom. The highest BCUT2D eigenvalue weighted by molar-refractivity contribution is 7.90. The van der Waals surface area contributed by atoms with Crippen molar-refractivity contribution in [2.75, 3.05) is 5.75 Å². The predicted molar refractivity (Wildman–Crippen MR) is 80.6 cm³/mol. The Morgan fingerprint density at radius 3 is 2.57 bits per heavy atom. The van der Waals surface area contributed by atoms with Crippen molar-refractivity contribution in [3.63, 3.8) is 0 Å². The summed E-state index contributed by atoms with van der Waals surface area (Å²) < 4.78 is 31.4. The lowest BCUT2D eigenvalue weighted by Gasteiger charge is -2.20. The molecule has 0 radical (unpaired) electrons. The molecule has 0 bridgehead atoms. The van der Waals surface area contributed by atoms with Crippen LogP contribution in [0.15, 0.2) is 4.40 Å². The fourth-order valence-electron chi connectivity index (χ4n) is 1.24. The fraction of sp³-hybridized carbons (Fsp3) is 0.769. The molecule has 0 saturated heterocycles. The number of ether oxygens (including phenoxy) is 1. The van der Waals surface area contributed by atoms with Crippen LogP contribution in [0, 0.1) is 11.3 Å². The van der Waals surface area contributed by atoms with Gasteiger partial charge in [-0.2, -0.15) is 9.66 Å². The average Bonchev–Trinajstić information content (AvgIpc) is 2.32. The zero-order valence-electron chi connectivity index (χ0n) is 12.9. The van der Waals surface area contributed by atoms with Crippen molar-refractivity contribution < 1.29 is 17.9 Å². The van der Waals surface area contributed by atoms with Crippen molar-refractivity contribution in [3.8, 4) is 6.07 Å². The summed E-state index contributed by atoms with van der Waals surface area (Å²) in [5.74, 6) is -0.0171. The smallest absolute Gasteiger partial charge is 0.408 e. The predicted octanol–water partition coefficient (Wildman–Crippen LogP) is 1.99. The van der Waals surface area contributed by atoms with Crippen LogP contribution < -0.4 is 5.32 Å². The zero-order chi connectivity index (χ0) is 16.5. The summed E-state index contributed by atoms with van der Waals surface area (Å²) in [6, 6.07) is 0.966. The van der Waals surface area contributed by atoms with Crippen molar-refractivity contribution in [1.29, 1.82) is 5.26 Å². The van der Waals surface area contributed by atoms with Crippen LogP contribution in [-0.4, -0.2) is 38.1 Å². The average molecular weight is 317 g/mol. The number of nitriles is 1. The quantitative estimate of drug-likeness (QED) is 0.722. The Balaban J connectivity index is 4.41. The van der Waals surface area contributed by atoms with Crippen molar-refractivity contribution in [1.82, 2.24) is 5.32 Å². The molecule has 21 heavy (non-hydrogen) atoms. The fourth-order valence-corrected chi connectivity index (χ4v) is 2.31. The molecular weight excluding hydrogens is 294 g/mol. The molecule has 0 rings (SSSR count). The molecular formula is C13H23N3O4S. The van der Waals surface area contributed by atoms with Gasteiger partial charge in [0.15, 0.2) is 0 Å². The largest absolute Gasteiger partial charge is 0.444 e. The van der Waals surface area contributed by atoms with E-state index < -0.39 is 27.8 Å². The molecule has 1 amide bonds. The van der Waals surface area contributed by atoms with Gasteiger partial charge in [0.1, 0.15) is 11.6 Å². The van der Waals surface area contributed by atoms with E-state index in [9.17, 15) is 13.2 Å². The second-order valence-corrected chi connectivity index (χ2v) is 7.27. The highest BCUT2D eigenvalue weighted by atomic mass is 32.2. The molecule has 0 heterocycles. The van der Waals surface area contributed by atoms with E-state index in [1.165, 1.54) is 0 Å². The zero-order valence-corrected chi connectivity index (χ0v) is 13.7. The Kier molecular flexibility index (Phi) is 7.95. The van der Waals surface area contributed by atoms with Crippen molar-refractivity contribution in [2.24, 2.45) is 4.40 Å². The van der Waals surface area contributed by atoms with Crippen LogP contribution in [0.1, 0.15) is 47.0 Å². The molecule has 0 aliphatic carbocycles. The van der Waals surface area contributed by atoms with Gasteiger partial charge in [-0.05, 0) is 27.2 Å². The third kappa shape index (κ3) is 10.8. The van der Waals surface area contributed by atoms with E-state index in [0.29, 0.717) is 6.42 Å². The van der Waals surface area contributed by atoms with E-state index >= 15 is 0 Å². The lowest BCUT2D eigenvalue weighted by atomic mass is 10.2. The molecule has 0 unspecified atom stereocenters. The summed E-state index contributed by atoms with van der Waals surface area (Å²) in [6.07, 6.45) is 1.71. The number of nitrogens with zero attached hydrogens (tertiary/aromatic N) is 2. The van der Waals surface area contributed by atoms with Crippen LogP contribution >= 0.6 is 0 Å². The van der Waals surface area contributed by atoms with Crippen LogP contribution in [0.3, 0.4) is 0 Å². The molecule has 1 N–H and O–H groups in total. The highest BCUT2D eigenvalue weighted by Gasteiger charge is 2.19. The number of carbonyl (C=O) groups excluding carboxylic acids is 1. The first kappa shape index (κ1) is 19.4. The van der Waals surface area contributed by atoms with Gasteiger partial charge >= 0.3 is 6.09 Å². The summed E-state index contributed by atoms with van der Waals surface area (Å²) in [5.41, 5.74) is -0.665. The molecule has 0 aliphatic heterocycles. The highest BCUT2D eigenvalue weighted by Crippen LogP contribution is 2.07. The standard InChI is InChI=1S/C13H23N3O4S/c1-5-6-9-21(18,19)15-8-7-11(10-14)16-12(17)20-13(2,3)4/h8,11H,5-7,9H2,1-4H3,(H,16,17)/t11-/m0/s1. The van der Waals surface area contributed by atoms with E-state index in [4.69, 9.17) is 10.00 Å². The van der Waals surface area contributed by atoms with Crippen LogP contribution in [0.4, 0.5) is 4.79 Å². The summed E-state index contributed by atoms with van der Waals surface area (Å²) in [6.45, 7) is 7.00. The van der Waals surface area contributed by atoms with Gasteiger partial charge in [0, 0.05) is 12.6 Å². The number of nitrogens with one attached hydrogen (secondary N) is 1. The van der Waals surface area contributed by atoms with Gasteiger partial charge in [-0.15, -0.1) is 0 Å². The van der Waals surface area contributed by atoms with Gasteiger partial charge < -0.3 is 10.1 Å². The first-order chi connectivity index (χ1) is 9.59. The number of alkyl carbamates (subject to hydrolysis) is 1. The van der Waals surface area contributed by atoms with Crippen molar-refractivity contribution in [3.05, 3.63) is 0 Å². The molecule has 0 fully saturated rings. The third-order valence-electron chi connectivity index (χ3n) is 2.18. The second-order valence-electron chi connectivity index (χ2n) is 5.49. The Bertz CT molecular complexity index is 500. The van der Waals surface area contributed by atoms with E-state index in [-0.39, 0.29) is 12.2 Å². The molecule has 0 saturated carbocycles. The Morgan fingerprint density at radius 1 is 1.48 bits per heavy atom. The molecule has 0 aromatic rings. The number of sulfonamides is 1. The first-order valence-electron chi connectivity index (χ1n) is 6.75. The van der Waals surface area contributed by atoms with Crippen LogP contribution in [-0.2, 0) is 14.8 Å². The molecule has 0 spiro atoms. The van der Waals surface area contributed by atoms with Gasteiger partial charge in [-0.3, -0.25) is 0 Å². The SMILES string of the molecule is CCCCS(=O)(=O)N=CC[C@@H](C#N)NC(=O)OC(C)(C)C. The van der Waals surface area contributed by atoms with Gasteiger partial charge in [0.2, 0.25) is 0 Å². The number of amides is 1. The minimum atomic E-state index is -3.49. The molecule has 0 aromatic carbocycles. The normalized spacial score (nSPS) is 13.7. The van der Waals surface area contributed by atoms with Crippen molar-refractivity contribution >= 4 is 22.3 Å². The molecule has 7 nitrogen and oxygen atoms in total. The maximum absolute atomic E-state index is 11.5. The number of hydrogen-bond acceptors (Lipinski definition) is 5. The van der Waals surface area contributed by atoms with Crippen molar-refractivity contribution in [2.45, 2.75) is 58.6 Å². The summed E-state index contributed by atoms with van der Waals surface area (Å²) in [7, 11) is -3.49. The van der Waals surface area contributed by atoms with Crippen LogP contribution in [0.5, 0.6) is 0 Å². The number of carbonyl (C=O) groups is 1. The number of unbranched alkanes of at least 4 members (excludes halogenated alkanes) is 1.